The molecule has 33 heavy (non-hydrogen) atoms. The third kappa shape index (κ3) is 5.36. The summed E-state index contributed by atoms with van der Waals surface area (Å²) in [6, 6.07) is 10.3. The van der Waals surface area contributed by atoms with Crippen LogP contribution in [0.2, 0.25) is 0 Å². The number of carbonyl (C=O) groups is 3. The average molecular weight is 466 g/mol. The molecule has 2 N–H and O–H groups in total. The summed E-state index contributed by atoms with van der Waals surface area (Å²) in [5.41, 5.74) is -3.27. The van der Waals surface area contributed by atoms with Crippen LogP contribution in [-0.4, -0.2) is 41.8 Å². The molecule has 0 radical (unpaired) electrons. The van der Waals surface area contributed by atoms with Gasteiger partial charge >= 0.3 is 18.2 Å². The Morgan fingerprint density at radius 1 is 1.18 bits per heavy atom. The first-order chi connectivity index (χ1) is 15.4. The zero-order valence-corrected chi connectivity index (χ0v) is 17.7. The van der Waals surface area contributed by atoms with E-state index in [1.54, 1.807) is 24.3 Å². The molecule has 0 aromatic heterocycles. The van der Waals surface area contributed by atoms with Crippen LogP contribution in [0.15, 0.2) is 42.5 Å². The Bertz CT molecular complexity index is 1070. The summed E-state index contributed by atoms with van der Waals surface area (Å²) in [6.45, 7) is 2.54. The van der Waals surface area contributed by atoms with E-state index < -0.39 is 40.9 Å². The van der Waals surface area contributed by atoms with Crippen molar-refractivity contribution < 1.29 is 42.1 Å². The molecule has 0 saturated heterocycles. The van der Waals surface area contributed by atoms with Crippen LogP contribution in [0.4, 0.5) is 23.7 Å². The molecule has 11 heteroatoms. The monoisotopic (exact) mass is 466 g/mol. The molecule has 2 aromatic rings. The molecule has 8 nitrogen and oxygen atoms in total. The van der Waals surface area contributed by atoms with E-state index in [4.69, 9.17) is 9.47 Å². The summed E-state index contributed by atoms with van der Waals surface area (Å²) in [5.74, 6) is -2.70. The van der Waals surface area contributed by atoms with Crippen LogP contribution >= 0.6 is 0 Å². The summed E-state index contributed by atoms with van der Waals surface area (Å²) < 4.78 is 50.6. The first-order valence-corrected chi connectivity index (χ1v) is 9.84. The lowest BCUT2D eigenvalue weighted by atomic mass is 9.99. The smallest absolute Gasteiger partial charge is 0.417 e. The number of carboxylic acids is 1. The quantitative estimate of drug-likeness (QED) is 0.671. The van der Waals surface area contributed by atoms with Crippen LogP contribution in [0.3, 0.4) is 0 Å². The lowest BCUT2D eigenvalue weighted by molar-refractivity contribution is -0.138. The van der Waals surface area contributed by atoms with Gasteiger partial charge in [0.25, 0.3) is 5.91 Å². The third-order valence-corrected chi connectivity index (χ3v) is 4.87. The van der Waals surface area contributed by atoms with Crippen LogP contribution < -0.4 is 15.0 Å². The van der Waals surface area contributed by atoms with Gasteiger partial charge in [-0.15, -0.1) is 0 Å². The Morgan fingerprint density at radius 3 is 2.45 bits per heavy atom. The fourth-order valence-corrected chi connectivity index (χ4v) is 3.29. The van der Waals surface area contributed by atoms with E-state index in [9.17, 15) is 32.7 Å². The molecule has 0 bridgehead atoms. The number of ether oxygens (including phenoxy) is 2. The van der Waals surface area contributed by atoms with Gasteiger partial charge in [-0.25, -0.2) is 9.59 Å². The Hall–Kier alpha value is -3.76. The van der Waals surface area contributed by atoms with Gasteiger partial charge in [0.2, 0.25) is 0 Å². The maximum Gasteiger partial charge on any atom is 0.417 e. The van der Waals surface area contributed by atoms with E-state index in [1.165, 1.54) is 13.8 Å². The Labute approximate surface area is 186 Å². The number of amides is 2. The summed E-state index contributed by atoms with van der Waals surface area (Å²) in [7, 11) is 0. The van der Waals surface area contributed by atoms with Crippen LogP contribution in [-0.2, 0) is 22.3 Å². The largest absolute Gasteiger partial charge is 0.478 e. The van der Waals surface area contributed by atoms with Crippen LogP contribution in [0, 0.1) is 0 Å². The predicted octanol–water partition coefficient (Wildman–Crippen LogP) is 3.83. The number of alkyl halides is 3. The van der Waals surface area contributed by atoms with Gasteiger partial charge in [0, 0.05) is 13.1 Å². The molecule has 1 heterocycles. The summed E-state index contributed by atoms with van der Waals surface area (Å²) in [4.78, 5) is 37.3. The summed E-state index contributed by atoms with van der Waals surface area (Å²) >= 11 is 0. The van der Waals surface area contributed by atoms with Gasteiger partial charge in [0.05, 0.1) is 16.8 Å². The molecule has 2 amide bonds. The molecule has 0 fully saturated rings. The van der Waals surface area contributed by atoms with Gasteiger partial charge in [-0.1, -0.05) is 30.3 Å². The van der Waals surface area contributed by atoms with E-state index in [2.05, 4.69) is 5.32 Å². The highest BCUT2D eigenvalue weighted by Crippen LogP contribution is 2.43. The van der Waals surface area contributed by atoms with Crippen molar-refractivity contribution >= 4 is 23.7 Å². The van der Waals surface area contributed by atoms with Gasteiger partial charge in [-0.3, -0.25) is 4.79 Å². The van der Waals surface area contributed by atoms with Crippen LogP contribution in [0.5, 0.6) is 5.75 Å². The highest BCUT2D eigenvalue weighted by atomic mass is 19.4. The predicted molar refractivity (Wildman–Crippen MR) is 110 cm³/mol. The molecule has 0 unspecified atom stereocenters. The highest BCUT2D eigenvalue weighted by Gasteiger charge is 2.44. The van der Waals surface area contributed by atoms with Crippen LogP contribution in [0.1, 0.15) is 35.3 Å². The van der Waals surface area contributed by atoms with Gasteiger partial charge in [0.15, 0.2) is 5.60 Å². The SMILES string of the molecule is CC1(C)Oc2cc(C(F)(F)F)c(C(=O)O)cc2N(CCNC(=O)OCc2ccccc2)C1=O. The Balaban J connectivity index is 1.78. The topological polar surface area (TPSA) is 105 Å². The third-order valence-electron chi connectivity index (χ3n) is 4.87. The number of nitrogens with zero attached hydrogens (tertiary/aromatic N) is 1. The second-order valence-corrected chi connectivity index (χ2v) is 7.73. The molecule has 2 aromatic carbocycles. The molecule has 0 spiro atoms. The van der Waals surface area contributed by atoms with Gasteiger partial charge in [-0.2, -0.15) is 13.2 Å². The Morgan fingerprint density at radius 2 is 1.85 bits per heavy atom. The van der Waals surface area contributed by atoms with Gasteiger partial charge in [-0.05, 0) is 31.5 Å². The number of aromatic carboxylic acids is 1. The van der Waals surface area contributed by atoms with E-state index >= 15 is 0 Å². The molecule has 0 aliphatic carbocycles. The highest BCUT2D eigenvalue weighted by molar-refractivity contribution is 6.04. The standard InChI is InChI=1S/C22H21F3N2O6/c1-21(2)19(30)27(9-8-26-20(31)32-12-13-6-4-3-5-7-13)16-10-14(18(28)29)15(22(23,24)25)11-17(16)33-21/h3-7,10-11H,8-9,12H2,1-2H3,(H,26,31)(H,28,29). The number of carboxylic acid groups (broad SMARTS) is 1. The number of alkyl carbamates (subject to hydrolysis) is 1. The average Bonchev–Trinajstić information content (AvgIpc) is 2.74. The van der Waals surface area contributed by atoms with E-state index in [1.807, 2.05) is 6.07 Å². The van der Waals surface area contributed by atoms with Crippen molar-refractivity contribution in [2.75, 3.05) is 18.0 Å². The van der Waals surface area contributed by atoms with E-state index in [-0.39, 0.29) is 31.1 Å². The first kappa shape index (κ1) is 23.9. The molecule has 0 saturated carbocycles. The number of benzene rings is 2. The number of rotatable bonds is 6. The van der Waals surface area contributed by atoms with Crippen molar-refractivity contribution in [2.45, 2.75) is 32.2 Å². The summed E-state index contributed by atoms with van der Waals surface area (Å²) in [6.07, 6.45) is -5.69. The second kappa shape index (κ2) is 9.00. The summed E-state index contributed by atoms with van der Waals surface area (Å²) in [5, 5.41) is 11.7. The van der Waals surface area contributed by atoms with Gasteiger partial charge in [0.1, 0.15) is 12.4 Å². The minimum atomic E-state index is -4.94. The molecule has 1 aliphatic heterocycles. The number of anilines is 1. The number of carbonyl (C=O) groups excluding carboxylic acids is 2. The number of hydrogen-bond donors (Lipinski definition) is 2. The normalized spacial score (nSPS) is 14.8. The molecule has 0 atom stereocenters. The zero-order valence-electron chi connectivity index (χ0n) is 17.7. The fraction of sp³-hybridized carbons (Fsp3) is 0.318. The minimum absolute atomic E-state index is 0.0290. The van der Waals surface area contributed by atoms with Crippen molar-refractivity contribution in [3.63, 3.8) is 0 Å². The molecule has 176 valence electrons. The second-order valence-electron chi connectivity index (χ2n) is 7.73. The molecular weight excluding hydrogens is 445 g/mol. The maximum absolute atomic E-state index is 13.4. The van der Waals surface area contributed by atoms with Crippen molar-refractivity contribution in [1.82, 2.24) is 5.32 Å². The molecule has 3 rings (SSSR count). The lowest BCUT2D eigenvalue weighted by Gasteiger charge is -2.39. The first-order valence-electron chi connectivity index (χ1n) is 9.84. The molecular formula is C22H21F3N2O6. The number of halogens is 3. The zero-order chi connectivity index (χ0) is 24.4. The van der Waals surface area contributed by atoms with E-state index in [0.717, 1.165) is 16.5 Å². The lowest BCUT2D eigenvalue weighted by Crippen LogP contribution is -2.54. The maximum atomic E-state index is 13.4. The van der Waals surface area contributed by atoms with Crippen molar-refractivity contribution in [3.8, 4) is 5.75 Å². The number of hydrogen-bond acceptors (Lipinski definition) is 5. The fourth-order valence-electron chi connectivity index (χ4n) is 3.29. The van der Waals surface area contributed by atoms with Crippen molar-refractivity contribution in [1.29, 1.82) is 0 Å². The number of fused-ring (bicyclic) bond motifs is 1. The van der Waals surface area contributed by atoms with E-state index in [0.29, 0.717) is 6.07 Å². The molecule has 1 aliphatic rings. The van der Waals surface area contributed by atoms with Crippen molar-refractivity contribution in [3.05, 3.63) is 59.2 Å². The van der Waals surface area contributed by atoms with Crippen LogP contribution in [0.25, 0.3) is 0 Å². The Kier molecular flexibility index (Phi) is 6.52. The van der Waals surface area contributed by atoms with Crippen molar-refractivity contribution in [2.24, 2.45) is 0 Å². The number of nitrogens with one attached hydrogen (secondary N) is 1. The minimum Gasteiger partial charge on any atom is -0.478 e. The van der Waals surface area contributed by atoms with Gasteiger partial charge < -0.3 is 24.8 Å².